The highest BCUT2D eigenvalue weighted by atomic mass is 32.2. The number of nitrogens with one attached hydrogen (secondary N) is 1. The summed E-state index contributed by atoms with van der Waals surface area (Å²) in [6.07, 6.45) is -0.661. The molecule has 0 fully saturated rings. The Balaban J connectivity index is 1.51. The lowest BCUT2D eigenvalue weighted by Crippen LogP contribution is -2.20. The van der Waals surface area contributed by atoms with Gasteiger partial charge in [-0.2, -0.15) is 0 Å². The van der Waals surface area contributed by atoms with E-state index in [0.717, 1.165) is 0 Å². The second kappa shape index (κ2) is 7.94. The van der Waals surface area contributed by atoms with Crippen LogP contribution in [0.5, 0.6) is 5.75 Å². The molecule has 0 radical (unpaired) electrons. The summed E-state index contributed by atoms with van der Waals surface area (Å²) in [6, 6.07) is 15.7. The maximum Gasteiger partial charge on any atom is 0.208 e. The van der Waals surface area contributed by atoms with Crippen molar-refractivity contribution < 1.29 is 14.2 Å². The van der Waals surface area contributed by atoms with Crippen molar-refractivity contribution in [3.8, 4) is 17.1 Å². The first-order valence-electron chi connectivity index (χ1n) is 7.38. The Kier molecular flexibility index (Phi) is 5.45. The smallest absolute Gasteiger partial charge is 0.208 e. The third-order valence-corrected chi connectivity index (χ3v) is 4.18. The van der Waals surface area contributed by atoms with E-state index in [-0.39, 0.29) is 12.4 Å². The van der Waals surface area contributed by atoms with Crippen molar-refractivity contribution in [1.82, 2.24) is 15.2 Å². The lowest BCUT2D eigenvalue weighted by molar-refractivity contribution is 0.126. The molecule has 1 aromatic heterocycles. The first kappa shape index (κ1) is 16.5. The Bertz CT molecular complexity index is 782. The van der Waals surface area contributed by atoms with E-state index in [0.29, 0.717) is 28.0 Å². The second-order valence-corrected chi connectivity index (χ2v) is 6.02. The van der Waals surface area contributed by atoms with E-state index in [9.17, 15) is 9.50 Å². The van der Waals surface area contributed by atoms with Gasteiger partial charge in [-0.05, 0) is 24.3 Å². The first-order chi connectivity index (χ1) is 11.7. The lowest BCUT2D eigenvalue weighted by Gasteiger charge is -2.10. The fraction of sp³-hybridized carbons (Fsp3) is 0.176. The summed E-state index contributed by atoms with van der Waals surface area (Å²) >= 11 is 1.28. The van der Waals surface area contributed by atoms with Crippen LogP contribution in [0.3, 0.4) is 0 Å². The summed E-state index contributed by atoms with van der Waals surface area (Å²) in [6.45, 7) is 0.182. The maximum absolute atomic E-state index is 13.7. The van der Waals surface area contributed by atoms with E-state index in [2.05, 4.69) is 15.2 Å². The molecule has 5 nitrogen and oxygen atoms in total. The van der Waals surface area contributed by atoms with Gasteiger partial charge < -0.3 is 9.84 Å². The Morgan fingerprint density at radius 2 is 1.88 bits per heavy atom. The van der Waals surface area contributed by atoms with Crippen molar-refractivity contribution in [3.63, 3.8) is 0 Å². The van der Waals surface area contributed by atoms with Crippen molar-refractivity contribution >= 4 is 11.8 Å². The van der Waals surface area contributed by atoms with Crippen LogP contribution < -0.4 is 4.74 Å². The number of hydrogen-bond acceptors (Lipinski definition) is 5. The van der Waals surface area contributed by atoms with Gasteiger partial charge in [-0.3, -0.25) is 5.10 Å². The molecule has 2 N–H and O–H groups in total. The molecule has 1 unspecified atom stereocenters. The largest absolute Gasteiger partial charge is 0.491 e. The predicted molar refractivity (Wildman–Crippen MR) is 90.4 cm³/mol. The molecule has 1 atom stereocenters. The van der Waals surface area contributed by atoms with Crippen LogP contribution in [-0.4, -0.2) is 38.8 Å². The van der Waals surface area contributed by atoms with Gasteiger partial charge in [-0.15, -0.1) is 5.10 Å². The van der Waals surface area contributed by atoms with Crippen LogP contribution in [0.15, 0.2) is 59.8 Å². The zero-order valence-corrected chi connectivity index (χ0v) is 13.5. The molecule has 0 saturated heterocycles. The highest BCUT2D eigenvalue weighted by Crippen LogP contribution is 2.22. The molecule has 7 heteroatoms. The molecule has 0 saturated carbocycles. The minimum Gasteiger partial charge on any atom is -0.491 e. The van der Waals surface area contributed by atoms with E-state index < -0.39 is 6.10 Å². The summed E-state index contributed by atoms with van der Waals surface area (Å²) < 4.78 is 19.2. The minimum atomic E-state index is -0.661. The van der Waals surface area contributed by atoms with Crippen LogP contribution in [0, 0.1) is 5.82 Å². The molecule has 3 aromatic rings. The van der Waals surface area contributed by atoms with Crippen LogP contribution in [0.2, 0.25) is 0 Å². The van der Waals surface area contributed by atoms with E-state index in [4.69, 9.17) is 4.74 Å². The third kappa shape index (κ3) is 4.33. The molecule has 124 valence electrons. The van der Waals surface area contributed by atoms with Gasteiger partial charge in [-0.25, -0.2) is 9.37 Å². The Labute approximate surface area is 142 Å². The topological polar surface area (TPSA) is 71.0 Å². The number of aromatic amines is 1. The predicted octanol–water partition coefficient (Wildman–Crippen LogP) is 3.14. The number of nitrogens with zero attached hydrogens (tertiary/aromatic N) is 2. The van der Waals surface area contributed by atoms with Gasteiger partial charge in [0.15, 0.2) is 5.82 Å². The van der Waals surface area contributed by atoms with Crippen LogP contribution in [0.4, 0.5) is 4.39 Å². The number of ether oxygens (including phenoxy) is 1. The van der Waals surface area contributed by atoms with E-state index in [1.807, 2.05) is 30.3 Å². The summed E-state index contributed by atoms with van der Waals surface area (Å²) in [5.41, 5.74) is 0.366. The lowest BCUT2D eigenvalue weighted by atomic mass is 10.2. The number of thioether (sulfide) groups is 1. The van der Waals surface area contributed by atoms with Gasteiger partial charge in [0.25, 0.3) is 0 Å². The average Bonchev–Trinajstić information content (AvgIpc) is 3.08. The maximum atomic E-state index is 13.7. The standard InChI is InChI=1S/C17H16FN3O2S/c18-15-9-5-4-8-14(15)16-19-17(21-20-16)24-11-12(22)10-23-13-6-2-1-3-7-13/h1-9,12,22H,10-11H2,(H,19,20,21). The number of halogens is 1. The molecule has 0 aliphatic carbocycles. The van der Waals surface area contributed by atoms with Crippen LogP contribution >= 0.6 is 11.8 Å². The van der Waals surface area contributed by atoms with Gasteiger partial charge in [0.1, 0.15) is 18.2 Å². The van der Waals surface area contributed by atoms with Crippen molar-refractivity contribution in [1.29, 1.82) is 0 Å². The minimum absolute atomic E-state index is 0.182. The molecule has 3 rings (SSSR count). The zero-order chi connectivity index (χ0) is 16.8. The Hall–Kier alpha value is -2.38. The molecule has 0 spiro atoms. The third-order valence-electron chi connectivity index (χ3n) is 3.18. The van der Waals surface area contributed by atoms with Crippen molar-refractivity contribution in [3.05, 3.63) is 60.4 Å². The highest BCUT2D eigenvalue weighted by Gasteiger charge is 2.12. The van der Waals surface area contributed by atoms with Gasteiger partial charge in [0.2, 0.25) is 5.16 Å². The summed E-state index contributed by atoms with van der Waals surface area (Å²) in [4.78, 5) is 4.24. The molecular formula is C17H16FN3O2S. The van der Waals surface area contributed by atoms with Crippen LogP contribution in [0.1, 0.15) is 0 Å². The van der Waals surface area contributed by atoms with Crippen LogP contribution in [0.25, 0.3) is 11.4 Å². The van der Waals surface area contributed by atoms with Crippen molar-refractivity contribution in [2.24, 2.45) is 0 Å². The second-order valence-electron chi connectivity index (χ2n) is 5.04. The summed E-state index contributed by atoms with van der Waals surface area (Å²) in [5.74, 6) is 1.09. The molecule has 0 amide bonds. The summed E-state index contributed by atoms with van der Waals surface area (Å²) in [7, 11) is 0. The quantitative estimate of drug-likeness (QED) is 0.644. The monoisotopic (exact) mass is 345 g/mol. The van der Waals surface area contributed by atoms with E-state index in [1.54, 1.807) is 18.2 Å². The van der Waals surface area contributed by atoms with E-state index in [1.165, 1.54) is 17.8 Å². The number of aromatic nitrogens is 3. The fourth-order valence-electron chi connectivity index (χ4n) is 2.01. The fourth-order valence-corrected chi connectivity index (χ4v) is 2.72. The van der Waals surface area contributed by atoms with Gasteiger partial charge >= 0.3 is 0 Å². The number of H-pyrrole nitrogens is 1. The molecule has 24 heavy (non-hydrogen) atoms. The first-order valence-corrected chi connectivity index (χ1v) is 8.37. The van der Waals surface area contributed by atoms with Gasteiger partial charge in [0, 0.05) is 5.75 Å². The number of para-hydroxylation sites is 1. The molecular weight excluding hydrogens is 329 g/mol. The molecule has 0 aliphatic heterocycles. The Morgan fingerprint density at radius 3 is 2.67 bits per heavy atom. The highest BCUT2D eigenvalue weighted by molar-refractivity contribution is 7.99. The number of hydrogen-bond donors (Lipinski definition) is 2. The van der Waals surface area contributed by atoms with Crippen molar-refractivity contribution in [2.45, 2.75) is 11.3 Å². The zero-order valence-electron chi connectivity index (χ0n) is 12.7. The number of benzene rings is 2. The number of aliphatic hydroxyl groups excluding tert-OH is 1. The molecule has 0 aliphatic rings. The SMILES string of the molecule is OC(COc1ccccc1)CSc1n[nH]c(-c2ccccc2F)n1. The normalized spacial score (nSPS) is 12.1. The van der Waals surface area contributed by atoms with Crippen LogP contribution in [-0.2, 0) is 0 Å². The number of aliphatic hydroxyl groups is 1. The molecule has 0 bridgehead atoms. The molecule has 2 aromatic carbocycles. The van der Waals surface area contributed by atoms with Gasteiger partial charge in [-0.1, -0.05) is 42.1 Å². The molecule has 1 heterocycles. The van der Waals surface area contributed by atoms with Crippen molar-refractivity contribution in [2.75, 3.05) is 12.4 Å². The van der Waals surface area contributed by atoms with Gasteiger partial charge in [0.05, 0.1) is 11.7 Å². The Morgan fingerprint density at radius 1 is 1.12 bits per heavy atom. The van der Waals surface area contributed by atoms with E-state index >= 15 is 0 Å². The number of rotatable bonds is 7. The average molecular weight is 345 g/mol. The summed E-state index contributed by atoms with van der Waals surface area (Å²) in [5, 5.41) is 17.2.